The summed E-state index contributed by atoms with van der Waals surface area (Å²) in [6.07, 6.45) is 7.24. The highest BCUT2D eigenvalue weighted by atomic mass is 16.2. The fraction of sp³-hybridized carbons (Fsp3) is 0.929. The van der Waals surface area contributed by atoms with Crippen molar-refractivity contribution in [1.82, 2.24) is 10.2 Å². The molecule has 3 aliphatic rings. The van der Waals surface area contributed by atoms with E-state index >= 15 is 0 Å². The maximum atomic E-state index is 12.7. The van der Waals surface area contributed by atoms with Crippen molar-refractivity contribution in [3.8, 4) is 0 Å². The molecule has 96 valence electrons. The van der Waals surface area contributed by atoms with E-state index in [1.807, 2.05) is 0 Å². The van der Waals surface area contributed by atoms with E-state index in [2.05, 4.69) is 17.1 Å². The van der Waals surface area contributed by atoms with E-state index in [0.29, 0.717) is 23.9 Å². The third-order valence-electron chi connectivity index (χ3n) is 4.63. The van der Waals surface area contributed by atoms with Gasteiger partial charge in [-0.25, -0.2) is 0 Å². The SMILES string of the molecule is CC(C1CC1)N(C(=O)C1CCNCC1)C1CC1. The molecule has 0 bridgehead atoms. The second-order valence-corrected chi connectivity index (χ2v) is 6.08. The molecule has 0 radical (unpaired) electrons. The number of rotatable bonds is 4. The number of piperidine rings is 1. The van der Waals surface area contributed by atoms with Crippen LogP contribution in [-0.2, 0) is 4.79 Å². The first-order chi connectivity index (χ1) is 8.27. The molecule has 1 atom stereocenters. The van der Waals surface area contributed by atoms with Crippen LogP contribution in [0.3, 0.4) is 0 Å². The summed E-state index contributed by atoms with van der Waals surface area (Å²) in [5, 5.41) is 3.35. The Bertz CT molecular complexity index is 291. The molecule has 1 amide bonds. The van der Waals surface area contributed by atoms with Crippen LogP contribution >= 0.6 is 0 Å². The Morgan fingerprint density at radius 3 is 2.29 bits per heavy atom. The summed E-state index contributed by atoms with van der Waals surface area (Å²) >= 11 is 0. The number of carbonyl (C=O) groups excluding carboxylic acids is 1. The lowest BCUT2D eigenvalue weighted by molar-refractivity contribution is -0.139. The molecule has 0 aromatic rings. The quantitative estimate of drug-likeness (QED) is 0.807. The minimum atomic E-state index is 0.304. The summed E-state index contributed by atoms with van der Waals surface area (Å²) in [5.41, 5.74) is 0. The number of amides is 1. The molecule has 3 nitrogen and oxygen atoms in total. The van der Waals surface area contributed by atoms with Crippen molar-refractivity contribution in [3.63, 3.8) is 0 Å². The highest BCUT2D eigenvalue weighted by Gasteiger charge is 2.43. The van der Waals surface area contributed by atoms with Gasteiger partial charge in [0.1, 0.15) is 0 Å². The summed E-state index contributed by atoms with van der Waals surface area (Å²) in [5.74, 6) is 1.58. The summed E-state index contributed by atoms with van der Waals surface area (Å²) in [6.45, 7) is 4.31. The molecule has 1 unspecified atom stereocenters. The topological polar surface area (TPSA) is 32.3 Å². The Morgan fingerprint density at radius 1 is 1.12 bits per heavy atom. The molecule has 3 rings (SSSR count). The molecule has 0 spiro atoms. The van der Waals surface area contributed by atoms with Crippen molar-refractivity contribution < 1.29 is 4.79 Å². The van der Waals surface area contributed by atoms with E-state index in [1.54, 1.807) is 0 Å². The highest BCUT2D eigenvalue weighted by Crippen LogP contribution is 2.40. The molecular formula is C14H24N2O. The van der Waals surface area contributed by atoms with Gasteiger partial charge in [0.15, 0.2) is 0 Å². The Labute approximate surface area is 104 Å². The zero-order chi connectivity index (χ0) is 11.8. The van der Waals surface area contributed by atoms with Gasteiger partial charge in [-0.2, -0.15) is 0 Å². The summed E-state index contributed by atoms with van der Waals surface area (Å²) < 4.78 is 0. The van der Waals surface area contributed by atoms with Crippen molar-refractivity contribution in [2.24, 2.45) is 11.8 Å². The van der Waals surface area contributed by atoms with Gasteiger partial charge in [0.05, 0.1) is 0 Å². The third kappa shape index (κ3) is 2.49. The van der Waals surface area contributed by atoms with Crippen molar-refractivity contribution in [3.05, 3.63) is 0 Å². The second-order valence-electron chi connectivity index (χ2n) is 6.08. The fourth-order valence-corrected chi connectivity index (χ4v) is 3.15. The van der Waals surface area contributed by atoms with Crippen LogP contribution in [0.25, 0.3) is 0 Å². The molecule has 3 heteroatoms. The summed E-state index contributed by atoms with van der Waals surface area (Å²) in [6, 6.07) is 1.10. The molecule has 2 aliphatic carbocycles. The Kier molecular flexibility index (Phi) is 3.12. The Morgan fingerprint density at radius 2 is 1.76 bits per heavy atom. The first-order valence-corrected chi connectivity index (χ1v) is 7.30. The van der Waals surface area contributed by atoms with Gasteiger partial charge in [-0.3, -0.25) is 4.79 Å². The normalized spacial score (nSPS) is 27.8. The molecule has 17 heavy (non-hydrogen) atoms. The first kappa shape index (κ1) is 11.5. The first-order valence-electron chi connectivity index (χ1n) is 7.30. The van der Waals surface area contributed by atoms with E-state index in [-0.39, 0.29) is 0 Å². The lowest BCUT2D eigenvalue weighted by atomic mass is 9.95. The molecule has 0 aromatic carbocycles. The molecule has 3 fully saturated rings. The van der Waals surface area contributed by atoms with E-state index in [9.17, 15) is 4.79 Å². The Balaban J connectivity index is 1.66. The largest absolute Gasteiger partial charge is 0.336 e. The van der Waals surface area contributed by atoms with Gasteiger partial charge >= 0.3 is 0 Å². The number of carbonyl (C=O) groups is 1. The predicted molar refractivity (Wildman–Crippen MR) is 67.6 cm³/mol. The van der Waals surface area contributed by atoms with E-state index < -0.39 is 0 Å². The summed E-state index contributed by atoms with van der Waals surface area (Å²) in [7, 11) is 0. The maximum absolute atomic E-state index is 12.7. The molecule has 2 saturated carbocycles. The lowest BCUT2D eigenvalue weighted by Crippen LogP contribution is -2.47. The van der Waals surface area contributed by atoms with Gasteiger partial charge in [0, 0.05) is 18.0 Å². The molecule has 1 heterocycles. The van der Waals surface area contributed by atoms with Crippen LogP contribution in [0.5, 0.6) is 0 Å². The van der Waals surface area contributed by atoms with Gasteiger partial charge in [-0.15, -0.1) is 0 Å². The average Bonchev–Trinajstić information content (AvgIpc) is 3.21. The smallest absolute Gasteiger partial charge is 0.226 e. The Hall–Kier alpha value is -0.570. The fourth-order valence-electron chi connectivity index (χ4n) is 3.15. The monoisotopic (exact) mass is 236 g/mol. The van der Waals surface area contributed by atoms with Gasteiger partial charge in [-0.05, 0) is 64.5 Å². The number of hydrogen-bond donors (Lipinski definition) is 1. The maximum Gasteiger partial charge on any atom is 0.226 e. The lowest BCUT2D eigenvalue weighted by Gasteiger charge is -2.34. The van der Waals surface area contributed by atoms with Crippen LogP contribution in [0, 0.1) is 11.8 Å². The minimum absolute atomic E-state index is 0.304. The molecule has 1 aliphatic heterocycles. The van der Waals surface area contributed by atoms with Crippen molar-refractivity contribution in [2.75, 3.05) is 13.1 Å². The molecular weight excluding hydrogens is 212 g/mol. The third-order valence-corrected chi connectivity index (χ3v) is 4.63. The molecule has 1 N–H and O–H groups in total. The predicted octanol–water partition coefficient (Wildman–Crippen LogP) is 1.78. The number of nitrogens with one attached hydrogen (secondary N) is 1. The van der Waals surface area contributed by atoms with Gasteiger partial charge in [0.25, 0.3) is 0 Å². The van der Waals surface area contributed by atoms with Crippen molar-refractivity contribution >= 4 is 5.91 Å². The van der Waals surface area contributed by atoms with Gasteiger partial charge < -0.3 is 10.2 Å². The molecule has 1 saturated heterocycles. The standard InChI is InChI=1S/C14H24N2O/c1-10(11-2-3-11)16(13-4-5-13)14(17)12-6-8-15-9-7-12/h10-13,15H,2-9H2,1H3. The summed E-state index contributed by atoms with van der Waals surface area (Å²) in [4.78, 5) is 14.9. The van der Waals surface area contributed by atoms with Gasteiger partial charge in [0.2, 0.25) is 5.91 Å². The number of nitrogens with zero attached hydrogens (tertiary/aromatic N) is 1. The van der Waals surface area contributed by atoms with Crippen molar-refractivity contribution in [2.45, 2.75) is 57.5 Å². The van der Waals surface area contributed by atoms with Crippen molar-refractivity contribution in [1.29, 1.82) is 0 Å². The minimum Gasteiger partial charge on any atom is -0.336 e. The van der Waals surface area contributed by atoms with Crippen LogP contribution in [0.15, 0.2) is 0 Å². The van der Waals surface area contributed by atoms with E-state index in [1.165, 1.54) is 25.7 Å². The average molecular weight is 236 g/mol. The zero-order valence-corrected chi connectivity index (χ0v) is 10.8. The van der Waals surface area contributed by atoms with Crippen LogP contribution in [0.2, 0.25) is 0 Å². The van der Waals surface area contributed by atoms with Crippen LogP contribution < -0.4 is 5.32 Å². The van der Waals surface area contributed by atoms with Crippen LogP contribution in [0.4, 0.5) is 0 Å². The van der Waals surface area contributed by atoms with Crippen LogP contribution in [0.1, 0.15) is 45.4 Å². The number of hydrogen-bond acceptors (Lipinski definition) is 2. The van der Waals surface area contributed by atoms with E-state index in [0.717, 1.165) is 31.8 Å². The van der Waals surface area contributed by atoms with Gasteiger partial charge in [-0.1, -0.05) is 0 Å². The molecule has 0 aromatic heterocycles. The van der Waals surface area contributed by atoms with E-state index in [4.69, 9.17) is 0 Å². The zero-order valence-electron chi connectivity index (χ0n) is 10.8. The second kappa shape index (κ2) is 4.60. The van der Waals surface area contributed by atoms with Crippen LogP contribution in [-0.4, -0.2) is 36.0 Å². The highest BCUT2D eigenvalue weighted by molar-refractivity contribution is 5.80.